The average Bonchev–Trinajstić information content (AvgIpc) is 2.66. The van der Waals surface area contributed by atoms with Crippen molar-refractivity contribution in [2.24, 2.45) is 5.73 Å². The van der Waals surface area contributed by atoms with Gasteiger partial charge in [0.25, 0.3) is 0 Å². The van der Waals surface area contributed by atoms with E-state index in [1.807, 2.05) is 0 Å². The summed E-state index contributed by atoms with van der Waals surface area (Å²) < 4.78 is 1.20. The second-order valence-corrected chi connectivity index (χ2v) is 4.33. The number of aromatic nitrogens is 2. The van der Waals surface area contributed by atoms with Crippen molar-refractivity contribution in [3.63, 3.8) is 0 Å². The summed E-state index contributed by atoms with van der Waals surface area (Å²) in [5.41, 5.74) is 12.2. The van der Waals surface area contributed by atoms with E-state index in [1.54, 1.807) is 24.3 Å². The number of nitrogens with zero attached hydrogens (tertiary/aromatic N) is 2. The van der Waals surface area contributed by atoms with Crippen LogP contribution in [0, 0.1) is 0 Å². The van der Waals surface area contributed by atoms with Gasteiger partial charge in [-0.25, -0.2) is 4.68 Å². The molecular weight excluding hydrogens is 268 g/mol. The SMILES string of the molecule is NC(=O)Cn1nc(-c2ccc(Cl)cc2)c(C=O)c1N. The molecule has 0 atom stereocenters. The molecule has 1 heterocycles. The highest BCUT2D eigenvalue weighted by Gasteiger charge is 2.17. The largest absolute Gasteiger partial charge is 0.383 e. The van der Waals surface area contributed by atoms with Crippen LogP contribution in [0.1, 0.15) is 10.4 Å². The van der Waals surface area contributed by atoms with Crippen molar-refractivity contribution in [2.75, 3.05) is 5.73 Å². The zero-order valence-corrected chi connectivity index (χ0v) is 10.6. The van der Waals surface area contributed by atoms with E-state index in [1.165, 1.54) is 4.68 Å². The first-order valence-electron chi connectivity index (χ1n) is 5.38. The molecule has 7 heteroatoms. The van der Waals surface area contributed by atoms with Gasteiger partial charge in [-0.05, 0) is 12.1 Å². The molecule has 1 aromatic heterocycles. The van der Waals surface area contributed by atoms with Crippen LogP contribution < -0.4 is 11.5 Å². The quantitative estimate of drug-likeness (QED) is 0.817. The number of benzene rings is 1. The summed E-state index contributed by atoms with van der Waals surface area (Å²) in [6.07, 6.45) is 0.601. The summed E-state index contributed by atoms with van der Waals surface area (Å²) in [7, 11) is 0. The molecule has 98 valence electrons. The first-order chi connectivity index (χ1) is 9.02. The van der Waals surface area contributed by atoms with Crippen molar-refractivity contribution < 1.29 is 9.59 Å². The van der Waals surface area contributed by atoms with E-state index >= 15 is 0 Å². The van der Waals surface area contributed by atoms with Crippen molar-refractivity contribution in [2.45, 2.75) is 6.54 Å². The van der Waals surface area contributed by atoms with Gasteiger partial charge in [-0.15, -0.1) is 0 Å². The third kappa shape index (κ3) is 2.58. The minimum absolute atomic E-state index is 0.110. The molecule has 19 heavy (non-hydrogen) atoms. The standard InChI is InChI=1S/C12H11ClN4O2/c13-8-3-1-7(2-4-8)11-9(6-18)12(15)17(16-11)5-10(14)19/h1-4,6H,5,15H2,(H2,14,19). The van der Waals surface area contributed by atoms with Crippen molar-refractivity contribution >= 4 is 29.6 Å². The van der Waals surface area contributed by atoms with Crippen LogP contribution in [0.4, 0.5) is 5.82 Å². The Morgan fingerprint density at radius 3 is 2.53 bits per heavy atom. The molecule has 2 rings (SSSR count). The van der Waals surface area contributed by atoms with Crippen molar-refractivity contribution in [1.82, 2.24) is 9.78 Å². The fourth-order valence-electron chi connectivity index (χ4n) is 1.69. The van der Waals surface area contributed by atoms with E-state index < -0.39 is 5.91 Å². The highest BCUT2D eigenvalue weighted by molar-refractivity contribution is 6.30. The molecule has 4 N–H and O–H groups in total. The number of primary amides is 1. The maximum absolute atomic E-state index is 11.1. The Bertz CT molecular complexity index is 634. The highest BCUT2D eigenvalue weighted by Crippen LogP contribution is 2.26. The number of amides is 1. The van der Waals surface area contributed by atoms with Gasteiger partial charge in [0.2, 0.25) is 5.91 Å². The smallest absolute Gasteiger partial charge is 0.239 e. The van der Waals surface area contributed by atoms with Gasteiger partial charge in [-0.2, -0.15) is 5.10 Å². The Labute approximate surface area is 113 Å². The van der Waals surface area contributed by atoms with Crippen LogP contribution in [0.5, 0.6) is 0 Å². The molecule has 0 aliphatic carbocycles. The van der Waals surface area contributed by atoms with E-state index in [0.29, 0.717) is 22.6 Å². The van der Waals surface area contributed by atoms with Crippen LogP contribution in [0.25, 0.3) is 11.3 Å². The fraction of sp³-hybridized carbons (Fsp3) is 0.0833. The molecule has 0 aliphatic heterocycles. The third-order valence-electron chi connectivity index (χ3n) is 2.57. The van der Waals surface area contributed by atoms with Gasteiger partial charge in [-0.3, -0.25) is 9.59 Å². The summed E-state index contributed by atoms with van der Waals surface area (Å²) in [6.45, 7) is -0.180. The summed E-state index contributed by atoms with van der Waals surface area (Å²) in [4.78, 5) is 22.0. The molecule has 6 nitrogen and oxygen atoms in total. The Kier molecular flexibility index (Phi) is 3.52. The molecule has 0 radical (unpaired) electrons. The lowest BCUT2D eigenvalue weighted by Crippen LogP contribution is -2.20. The number of rotatable bonds is 4. The Morgan fingerprint density at radius 2 is 2.00 bits per heavy atom. The van der Waals surface area contributed by atoms with Crippen LogP contribution in [-0.2, 0) is 11.3 Å². The van der Waals surface area contributed by atoms with Crippen LogP contribution in [0.2, 0.25) is 5.02 Å². The van der Waals surface area contributed by atoms with Crippen molar-refractivity contribution in [3.05, 3.63) is 34.9 Å². The maximum Gasteiger partial charge on any atom is 0.239 e. The molecule has 1 amide bonds. The summed E-state index contributed by atoms with van der Waals surface area (Å²) in [5.74, 6) is -0.479. The third-order valence-corrected chi connectivity index (χ3v) is 2.82. The van der Waals surface area contributed by atoms with Crippen LogP contribution in [0.3, 0.4) is 0 Å². The number of nitrogens with two attached hydrogens (primary N) is 2. The minimum atomic E-state index is -0.589. The van der Waals surface area contributed by atoms with Crippen molar-refractivity contribution in [1.29, 1.82) is 0 Å². The Hall–Kier alpha value is -2.34. The molecule has 0 spiro atoms. The summed E-state index contributed by atoms with van der Waals surface area (Å²) >= 11 is 5.80. The van der Waals surface area contributed by atoms with E-state index in [0.717, 1.165) is 0 Å². The minimum Gasteiger partial charge on any atom is -0.383 e. The monoisotopic (exact) mass is 278 g/mol. The van der Waals surface area contributed by atoms with Gasteiger partial charge in [0.15, 0.2) is 6.29 Å². The highest BCUT2D eigenvalue weighted by atomic mass is 35.5. The number of carbonyl (C=O) groups is 2. The van der Waals surface area contributed by atoms with E-state index in [4.69, 9.17) is 23.1 Å². The molecule has 0 aliphatic rings. The topological polar surface area (TPSA) is 104 Å². The van der Waals surface area contributed by atoms with Gasteiger partial charge in [-0.1, -0.05) is 23.7 Å². The van der Waals surface area contributed by atoms with Crippen LogP contribution in [-0.4, -0.2) is 22.0 Å². The van der Waals surface area contributed by atoms with Gasteiger partial charge in [0.05, 0.1) is 5.56 Å². The lowest BCUT2D eigenvalue weighted by molar-refractivity contribution is -0.118. The van der Waals surface area contributed by atoms with Crippen LogP contribution in [0.15, 0.2) is 24.3 Å². The molecule has 0 saturated heterocycles. The number of hydrogen-bond donors (Lipinski definition) is 2. The van der Waals surface area contributed by atoms with Crippen LogP contribution >= 0.6 is 11.6 Å². The number of halogens is 1. The second kappa shape index (κ2) is 5.11. The molecule has 2 aromatic rings. The number of aldehydes is 1. The van der Waals surface area contributed by atoms with E-state index in [-0.39, 0.29) is 17.9 Å². The summed E-state index contributed by atoms with van der Waals surface area (Å²) in [6, 6.07) is 6.78. The first kappa shape index (κ1) is 13.1. The predicted molar refractivity (Wildman–Crippen MR) is 71.7 cm³/mol. The maximum atomic E-state index is 11.1. The van der Waals surface area contributed by atoms with Crippen molar-refractivity contribution in [3.8, 4) is 11.3 Å². The molecule has 0 unspecified atom stereocenters. The fourth-order valence-corrected chi connectivity index (χ4v) is 1.82. The number of carbonyl (C=O) groups excluding carboxylic acids is 2. The zero-order valence-electron chi connectivity index (χ0n) is 9.84. The summed E-state index contributed by atoms with van der Waals surface area (Å²) in [5, 5.41) is 4.71. The lowest BCUT2D eigenvalue weighted by atomic mass is 10.1. The predicted octanol–water partition coefficient (Wildman–Crippen LogP) is 1.08. The zero-order chi connectivity index (χ0) is 14.0. The first-order valence-corrected chi connectivity index (χ1v) is 5.76. The molecule has 0 fully saturated rings. The van der Waals surface area contributed by atoms with E-state index in [2.05, 4.69) is 5.10 Å². The number of anilines is 1. The van der Waals surface area contributed by atoms with Gasteiger partial charge in [0, 0.05) is 10.6 Å². The molecule has 1 aromatic carbocycles. The molecular formula is C12H11ClN4O2. The normalized spacial score (nSPS) is 10.4. The average molecular weight is 279 g/mol. The molecule has 0 bridgehead atoms. The number of nitrogen functional groups attached to an aromatic ring is 1. The van der Waals surface area contributed by atoms with Gasteiger partial charge in [0.1, 0.15) is 18.1 Å². The second-order valence-electron chi connectivity index (χ2n) is 3.90. The van der Waals surface area contributed by atoms with E-state index in [9.17, 15) is 9.59 Å². The Balaban J connectivity index is 2.53. The van der Waals surface area contributed by atoms with Gasteiger partial charge >= 0.3 is 0 Å². The van der Waals surface area contributed by atoms with Gasteiger partial charge < -0.3 is 11.5 Å². The molecule has 0 saturated carbocycles. The Morgan fingerprint density at radius 1 is 1.37 bits per heavy atom. The lowest BCUT2D eigenvalue weighted by Gasteiger charge is -1.99. The number of hydrogen-bond acceptors (Lipinski definition) is 4.